The molecule has 0 atom stereocenters. The molecule has 1 rings (SSSR count). The summed E-state index contributed by atoms with van der Waals surface area (Å²) in [5.41, 5.74) is -0.414. The lowest BCUT2D eigenvalue weighted by Gasteiger charge is -2.31. The molecule has 0 N–H and O–H groups in total. The van der Waals surface area contributed by atoms with Gasteiger partial charge in [-0.25, -0.2) is 4.79 Å². The van der Waals surface area contributed by atoms with Crippen LogP contribution in [-0.4, -0.2) is 35.5 Å². The normalized spacial score (nSPS) is 22.8. The number of nitrogens with zero attached hydrogens (tertiary/aromatic N) is 1. The zero-order chi connectivity index (χ0) is 16.6. The largest absolute Gasteiger partial charge is 0.444 e. The average molecular weight is 374 g/mol. The Bertz CT molecular complexity index is 355. The van der Waals surface area contributed by atoms with Crippen LogP contribution in [0.15, 0.2) is 12.2 Å². The highest BCUT2D eigenvalue weighted by molar-refractivity contribution is 9.09. The summed E-state index contributed by atoms with van der Waals surface area (Å²) in [5.74, 6) is 1.35. The molecular weight excluding hydrogens is 342 g/mol. The van der Waals surface area contributed by atoms with Crippen LogP contribution in [0.3, 0.4) is 0 Å². The first-order valence-electron chi connectivity index (χ1n) is 8.48. The Morgan fingerprint density at radius 3 is 2.45 bits per heavy atom. The quantitative estimate of drug-likeness (QED) is 0.354. The minimum Gasteiger partial charge on any atom is -0.444 e. The lowest BCUT2D eigenvalue weighted by atomic mass is 9.81. The van der Waals surface area contributed by atoms with Gasteiger partial charge in [0, 0.05) is 18.9 Å². The fraction of sp³-hybridized carbons (Fsp3) is 0.833. The predicted octanol–water partition coefficient (Wildman–Crippen LogP) is 5.39. The number of alkyl halides is 1. The number of amides is 1. The van der Waals surface area contributed by atoms with Crippen LogP contribution in [0.25, 0.3) is 0 Å². The van der Waals surface area contributed by atoms with E-state index in [0.29, 0.717) is 5.92 Å². The molecule has 0 aromatic heterocycles. The third kappa shape index (κ3) is 8.21. The molecule has 0 unspecified atom stereocenters. The number of rotatable bonds is 6. The van der Waals surface area contributed by atoms with E-state index in [1.165, 1.54) is 38.5 Å². The van der Waals surface area contributed by atoms with Crippen molar-refractivity contribution in [3.63, 3.8) is 0 Å². The molecule has 3 nitrogen and oxygen atoms in total. The van der Waals surface area contributed by atoms with E-state index in [9.17, 15) is 4.79 Å². The summed E-state index contributed by atoms with van der Waals surface area (Å²) >= 11 is 3.46. The van der Waals surface area contributed by atoms with Gasteiger partial charge in [-0.05, 0) is 71.1 Å². The molecule has 22 heavy (non-hydrogen) atoms. The van der Waals surface area contributed by atoms with Crippen molar-refractivity contribution in [3.8, 4) is 0 Å². The van der Waals surface area contributed by atoms with Crippen molar-refractivity contribution in [1.82, 2.24) is 4.90 Å². The summed E-state index contributed by atoms with van der Waals surface area (Å²) in [6.07, 6.45) is 11.8. The Kier molecular flexibility index (Phi) is 8.52. The van der Waals surface area contributed by atoms with E-state index in [4.69, 9.17) is 4.74 Å². The van der Waals surface area contributed by atoms with Gasteiger partial charge in [0.05, 0.1) is 0 Å². The third-order valence-electron chi connectivity index (χ3n) is 4.04. The van der Waals surface area contributed by atoms with Gasteiger partial charge in [0.15, 0.2) is 0 Å². The fourth-order valence-corrected chi connectivity index (χ4v) is 3.17. The monoisotopic (exact) mass is 373 g/mol. The second kappa shape index (κ2) is 9.59. The van der Waals surface area contributed by atoms with Crippen LogP contribution >= 0.6 is 15.9 Å². The smallest absolute Gasteiger partial charge is 0.410 e. The highest BCUT2D eigenvalue weighted by Crippen LogP contribution is 2.30. The molecule has 128 valence electrons. The number of ether oxygens (including phenoxy) is 1. The van der Waals surface area contributed by atoms with Gasteiger partial charge in [-0.1, -0.05) is 28.1 Å². The molecule has 0 heterocycles. The number of halogens is 1. The molecule has 1 aliphatic carbocycles. The zero-order valence-corrected chi connectivity index (χ0v) is 16.2. The van der Waals surface area contributed by atoms with Gasteiger partial charge in [-0.3, -0.25) is 0 Å². The Morgan fingerprint density at radius 2 is 1.91 bits per heavy atom. The summed E-state index contributed by atoms with van der Waals surface area (Å²) in [5, 5.41) is 1.08. The maximum absolute atomic E-state index is 12.0. The van der Waals surface area contributed by atoms with Crippen molar-refractivity contribution in [1.29, 1.82) is 0 Å². The van der Waals surface area contributed by atoms with Crippen molar-refractivity contribution < 1.29 is 9.53 Å². The van der Waals surface area contributed by atoms with Crippen molar-refractivity contribution in [2.24, 2.45) is 11.8 Å². The first-order valence-corrected chi connectivity index (χ1v) is 9.60. The van der Waals surface area contributed by atoms with Gasteiger partial charge in [-0.15, -0.1) is 0 Å². The number of hydrogen-bond donors (Lipinski definition) is 0. The van der Waals surface area contributed by atoms with Gasteiger partial charge in [0.25, 0.3) is 0 Å². The standard InChI is InChI=1S/C18H32BrNO2/c1-18(2,3)22-17(21)20(4)14-16-11-9-15(10-12-16)8-6-5-7-13-19/h6,8,15-16H,5,7,9-14H2,1-4H3/b8-6-. The number of carbonyl (C=O) groups excluding carboxylic acids is 1. The van der Waals surface area contributed by atoms with Crippen molar-refractivity contribution in [2.45, 2.75) is 64.9 Å². The molecule has 4 heteroatoms. The topological polar surface area (TPSA) is 29.5 Å². The molecule has 1 fully saturated rings. The highest BCUT2D eigenvalue weighted by atomic mass is 79.9. The highest BCUT2D eigenvalue weighted by Gasteiger charge is 2.24. The van der Waals surface area contributed by atoms with Crippen LogP contribution in [-0.2, 0) is 4.74 Å². The van der Waals surface area contributed by atoms with E-state index >= 15 is 0 Å². The molecule has 0 bridgehead atoms. The maximum atomic E-state index is 12.0. The van der Waals surface area contributed by atoms with E-state index in [-0.39, 0.29) is 6.09 Å². The van der Waals surface area contributed by atoms with Gasteiger partial charge in [0.1, 0.15) is 5.60 Å². The summed E-state index contributed by atoms with van der Waals surface area (Å²) in [6, 6.07) is 0. The Morgan fingerprint density at radius 1 is 1.27 bits per heavy atom. The van der Waals surface area contributed by atoms with Crippen LogP contribution in [0.1, 0.15) is 59.3 Å². The molecule has 1 saturated carbocycles. The van der Waals surface area contributed by atoms with Crippen molar-refractivity contribution in [2.75, 3.05) is 18.9 Å². The number of hydrogen-bond acceptors (Lipinski definition) is 2. The molecule has 0 aromatic rings. The van der Waals surface area contributed by atoms with Crippen LogP contribution in [0.4, 0.5) is 4.79 Å². The van der Waals surface area contributed by atoms with Crippen LogP contribution in [0, 0.1) is 11.8 Å². The molecule has 1 aliphatic rings. The lowest BCUT2D eigenvalue weighted by molar-refractivity contribution is 0.0259. The van der Waals surface area contributed by atoms with Crippen LogP contribution in [0.5, 0.6) is 0 Å². The van der Waals surface area contributed by atoms with E-state index < -0.39 is 5.60 Å². The van der Waals surface area contributed by atoms with Gasteiger partial charge in [0.2, 0.25) is 0 Å². The SMILES string of the molecule is CN(CC1CCC(/C=C\CCCBr)CC1)C(=O)OC(C)(C)C. The number of unbranched alkanes of at least 4 members (excludes halogenated alkanes) is 1. The third-order valence-corrected chi connectivity index (χ3v) is 4.60. The Labute approximate surface area is 144 Å². The Hall–Kier alpha value is -0.510. The molecule has 0 aromatic carbocycles. The lowest BCUT2D eigenvalue weighted by Crippen LogP contribution is -2.37. The minimum absolute atomic E-state index is 0.204. The summed E-state index contributed by atoms with van der Waals surface area (Å²) in [6.45, 7) is 6.54. The Balaban J connectivity index is 2.27. The van der Waals surface area contributed by atoms with Crippen LogP contribution in [0.2, 0.25) is 0 Å². The molecule has 1 amide bonds. The number of carbonyl (C=O) groups is 1. The average Bonchev–Trinajstić information content (AvgIpc) is 2.43. The summed E-state index contributed by atoms with van der Waals surface area (Å²) in [4.78, 5) is 13.7. The minimum atomic E-state index is -0.414. The summed E-state index contributed by atoms with van der Waals surface area (Å²) in [7, 11) is 1.85. The van der Waals surface area contributed by atoms with Crippen LogP contribution < -0.4 is 0 Å². The molecule has 0 aliphatic heterocycles. The second-order valence-corrected chi connectivity index (χ2v) is 8.19. The van der Waals surface area contributed by atoms with E-state index in [1.54, 1.807) is 4.90 Å². The first-order chi connectivity index (χ1) is 10.3. The zero-order valence-electron chi connectivity index (χ0n) is 14.6. The molecule has 0 radical (unpaired) electrons. The maximum Gasteiger partial charge on any atom is 0.410 e. The fourth-order valence-electron chi connectivity index (χ4n) is 2.85. The number of allylic oxidation sites excluding steroid dienone is 2. The van der Waals surface area contributed by atoms with Crippen molar-refractivity contribution in [3.05, 3.63) is 12.2 Å². The van der Waals surface area contributed by atoms with Crippen molar-refractivity contribution >= 4 is 22.0 Å². The van der Waals surface area contributed by atoms with Gasteiger partial charge in [-0.2, -0.15) is 0 Å². The summed E-state index contributed by atoms with van der Waals surface area (Å²) < 4.78 is 5.41. The second-order valence-electron chi connectivity index (χ2n) is 7.40. The van der Waals surface area contributed by atoms with Gasteiger partial charge < -0.3 is 9.64 Å². The van der Waals surface area contributed by atoms with E-state index in [1.807, 2.05) is 27.8 Å². The van der Waals surface area contributed by atoms with Gasteiger partial charge >= 0.3 is 6.09 Å². The van der Waals surface area contributed by atoms with E-state index in [2.05, 4.69) is 28.1 Å². The predicted molar refractivity (Wildman–Crippen MR) is 96.5 cm³/mol. The molecule has 0 spiro atoms. The molecule has 0 saturated heterocycles. The first kappa shape index (κ1) is 19.5. The van der Waals surface area contributed by atoms with E-state index in [0.717, 1.165) is 17.8 Å². The molecular formula is C18H32BrNO2.